The summed E-state index contributed by atoms with van der Waals surface area (Å²) in [5.41, 5.74) is 4.49. The number of alkyl halides is 2. The van der Waals surface area contributed by atoms with E-state index in [0.29, 0.717) is 11.3 Å². The minimum atomic E-state index is -2.85. The van der Waals surface area contributed by atoms with Crippen molar-refractivity contribution in [2.75, 3.05) is 0 Å². The number of aromatic nitrogens is 1. The van der Waals surface area contributed by atoms with Crippen LogP contribution in [0.5, 0.6) is 0 Å². The van der Waals surface area contributed by atoms with Crippen molar-refractivity contribution in [3.05, 3.63) is 33.2 Å². The van der Waals surface area contributed by atoms with Gasteiger partial charge in [0.2, 0.25) is 0 Å². The summed E-state index contributed by atoms with van der Waals surface area (Å²) in [5, 5.41) is 8.47. The molecular weight excluding hydrogens is 204 g/mol. The molecule has 0 aromatic carbocycles. The van der Waals surface area contributed by atoms with E-state index in [2.05, 4.69) is 4.98 Å². The first-order valence-electron chi connectivity index (χ1n) is 4.20. The van der Waals surface area contributed by atoms with Crippen LogP contribution < -0.4 is 11.3 Å². The van der Waals surface area contributed by atoms with Crippen LogP contribution in [0.2, 0.25) is 0 Å². The van der Waals surface area contributed by atoms with Gasteiger partial charge in [-0.3, -0.25) is 4.79 Å². The van der Waals surface area contributed by atoms with Crippen molar-refractivity contribution in [1.82, 2.24) is 4.98 Å². The van der Waals surface area contributed by atoms with E-state index in [1.807, 2.05) is 6.07 Å². The molecule has 1 aromatic heterocycles. The second-order valence-electron chi connectivity index (χ2n) is 2.90. The smallest absolute Gasteiger partial charge is 0.269 e. The standard InChI is InChI=1S/C9H9F2N3O/c10-8(11)6-3-5(1-2-12)7(4-13)14-9(6)15/h3,8H,1,4,13H2,(H,14,15). The Balaban J connectivity index is 3.31. The molecule has 1 heterocycles. The first kappa shape index (κ1) is 11.3. The van der Waals surface area contributed by atoms with E-state index in [9.17, 15) is 13.6 Å². The molecule has 0 radical (unpaired) electrons. The first-order chi connectivity index (χ1) is 7.10. The molecule has 3 N–H and O–H groups in total. The molecule has 15 heavy (non-hydrogen) atoms. The van der Waals surface area contributed by atoms with Crippen molar-refractivity contribution in [3.63, 3.8) is 0 Å². The first-order valence-corrected chi connectivity index (χ1v) is 4.20. The number of pyridine rings is 1. The summed E-state index contributed by atoms with van der Waals surface area (Å²) >= 11 is 0. The molecule has 1 rings (SSSR count). The van der Waals surface area contributed by atoms with Crippen molar-refractivity contribution in [1.29, 1.82) is 5.26 Å². The van der Waals surface area contributed by atoms with Gasteiger partial charge in [-0.25, -0.2) is 8.78 Å². The number of halogens is 2. The molecule has 0 unspecified atom stereocenters. The van der Waals surface area contributed by atoms with Crippen LogP contribution >= 0.6 is 0 Å². The number of nitrogens with one attached hydrogen (secondary N) is 1. The highest BCUT2D eigenvalue weighted by Crippen LogP contribution is 2.17. The van der Waals surface area contributed by atoms with Gasteiger partial charge in [-0.2, -0.15) is 5.26 Å². The average Bonchev–Trinajstić information content (AvgIpc) is 2.20. The van der Waals surface area contributed by atoms with E-state index in [-0.39, 0.29) is 13.0 Å². The molecule has 0 spiro atoms. The summed E-state index contributed by atoms with van der Waals surface area (Å²) in [6.07, 6.45) is -2.90. The number of hydrogen-bond donors (Lipinski definition) is 2. The molecule has 0 fully saturated rings. The summed E-state index contributed by atoms with van der Waals surface area (Å²) in [5.74, 6) is 0. The van der Waals surface area contributed by atoms with Gasteiger partial charge in [0, 0.05) is 12.2 Å². The molecule has 0 amide bonds. The quantitative estimate of drug-likeness (QED) is 0.780. The van der Waals surface area contributed by atoms with E-state index in [1.54, 1.807) is 0 Å². The maximum atomic E-state index is 12.3. The number of nitriles is 1. The second-order valence-corrected chi connectivity index (χ2v) is 2.90. The van der Waals surface area contributed by atoms with E-state index < -0.39 is 17.5 Å². The van der Waals surface area contributed by atoms with Crippen molar-refractivity contribution >= 4 is 0 Å². The van der Waals surface area contributed by atoms with E-state index in [4.69, 9.17) is 11.0 Å². The SMILES string of the molecule is N#CCc1cc(C(F)F)c(=O)[nH]c1CN. The fraction of sp³-hybridized carbons (Fsp3) is 0.333. The third kappa shape index (κ3) is 2.39. The monoisotopic (exact) mass is 213 g/mol. The topological polar surface area (TPSA) is 82.7 Å². The second kappa shape index (κ2) is 4.66. The van der Waals surface area contributed by atoms with Gasteiger partial charge in [-0.15, -0.1) is 0 Å². The van der Waals surface area contributed by atoms with Gasteiger partial charge in [-0.05, 0) is 11.6 Å². The van der Waals surface area contributed by atoms with Crippen molar-refractivity contribution in [2.45, 2.75) is 19.4 Å². The molecule has 0 saturated heterocycles. The molecule has 0 bridgehead atoms. The molecule has 80 valence electrons. The number of hydrogen-bond acceptors (Lipinski definition) is 3. The fourth-order valence-electron chi connectivity index (χ4n) is 1.22. The van der Waals surface area contributed by atoms with Gasteiger partial charge in [0.05, 0.1) is 18.1 Å². The van der Waals surface area contributed by atoms with Gasteiger partial charge in [0.25, 0.3) is 12.0 Å². The molecule has 1 aromatic rings. The fourth-order valence-corrected chi connectivity index (χ4v) is 1.22. The minimum absolute atomic E-state index is 0.00969. The van der Waals surface area contributed by atoms with E-state index in [1.165, 1.54) is 0 Å². The molecule has 0 saturated carbocycles. The summed E-state index contributed by atoms with van der Waals surface area (Å²) in [6.45, 7) is 0.00969. The van der Waals surface area contributed by atoms with Crippen LogP contribution in [-0.2, 0) is 13.0 Å². The summed E-state index contributed by atoms with van der Waals surface area (Å²) in [4.78, 5) is 13.4. The Morgan fingerprint density at radius 3 is 2.73 bits per heavy atom. The van der Waals surface area contributed by atoms with Crippen LogP contribution in [0, 0.1) is 11.3 Å². The zero-order valence-corrected chi connectivity index (χ0v) is 7.76. The molecule has 0 aliphatic heterocycles. The predicted octanol–water partition coefficient (Wildman–Crippen LogP) is 0.837. The maximum absolute atomic E-state index is 12.3. The van der Waals surface area contributed by atoms with Gasteiger partial charge >= 0.3 is 0 Å². The number of rotatable bonds is 3. The Labute approximate surface area is 84.3 Å². The third-order valence-corrected chi connectivity index (χ3v) is 1.95. The summed E-state index contributed by atoms with van der Waals surface area (Å²) in [6, 6.07) is 2.86. The van der Waals surface area contributed by atoms with E-state index >= 15 is 0 Å². The average molecular weight is 213 g/mol. The molecule has 0 atom stereocenters. The largest absolute Gasteiger partial charge is 0.325 e. The normalized spacial score (nSPS) is 10.3. The maximum Gasteiger partial charge on any atom is 0.269 e. The lowest BCUT2D eigenvalue weighted by Gasteiger charge is -2.06. The van der Waals surface area contributed by atoms with Crippen LogP contribution in [-0.4, -0.2) is 4.98 Å². The lowest BCUT2D eigenvalue weighted by Crippen LogP contribution is -2.19. The van der Waals surface area contributed by atoms with E-state index in [0.717, 1.165) is 6.07 Å². The number of nitrogens with two attached hydrogens (primary N) is 1. The van der Waals surface area contributed by atoms with Crippen LogP contribution in [0.15, 0.2) is 10.9 Å². The van der Waals surface area contributed by atoms with Crippen LogP contribution in [0.25, 0.3) is 0 Å². The summed E-state index contributed by atoms with van der Waals surface area (Å²) in [7, 11) is 0. The highest BCUT2D eigenvalue weighted by atomic mass is 19.3. The highest BCUT2D eigenvalue weighted by molar-refractivity contribution is 5.28. The Hall–Kier alpha value is -1.74. The lowest BCUT2D eigenvalue weighted by atomic mass is 10.1. The van der Waals surface area contributed by atoms with Crippen molar-refractivity contribution < 1.29 is 8.78 Å². The summed E-state index contributed by atoms with van der Waals surface area (Å²) < 4.78 is 24.7. The Morgan fingerprint density at radius 1 is 1.60 bits per heavy atom. The molecule has 4 nitrogen and oxygen atoms in total. The van der Waals surface area contributed by atoms with Crippen molar-refractivity contribution in [3.8, 4) is 6.07 Å². The van der Waals surface area contributed by atoms with Gasteiger partial charge in [0.15, 0.2) is 0 Å². The third-order valence-electron chi connectivity index (χ3n) is 1.95. The molecular formula is C9H9F2N3O. The number of aromatic amines is 1. The Morgan fingerprint density at radius 2 is 2.27 bits per heavy atom. The molecule has 0 aliphatic rings. The van der Waals surface area contributed by atoms with Gasteiger partial charge in [-0.1, -0.05) is 0 Å². The van der Waals surface area contributed by atoms with Gasteiger partial charge < -0.3 is 10.7 Å². The number of nitrogens with zero attached hydrogens (tertiary/aromatic N) is 1. The van der Waals surface area contributed by atoms with Crippen molar-refractivity contribution in [2.24, 2.45) is 5.73 Å². The predicted molar refractivity (Wildman–Crippen MR) is 49.2 cm³/mol. The molecule has 0 aliphatic carbocycles. The highest BCUT2D eigenvalue weighted by Gasteiger charge is 2.15. The Bertz CT molecular complexity index is 448. The lowest BCUT2D eigenvalue weighted by molar-refractivity contribution is 0.149. The van der Waals surface area contributed by atoms with Crippen LogP contribution in [0.4, 0.5) is 8.78 Å². The minimum Gasteiger partial charge on any atom is -0.325 e. The van der Waals surface area contributed by atoms with Gasteiger partial charge in [0.1, 0.15) is 0 Å². The molecule has 6 heteroatoms. The Kier molecular flexibility index (Phi) is 3.52. The number of H-pyrrole nitrogens is 1. The zero-order valence-electron chi connectivity index (χ0n) is 7.76. The van der Waals surface area contributed by atoms with Crippen LogP contribution in [0.3, 0.4) is 0 Å². The zero-order chi connectivity index (χ0) is 11.4. The van der Waals surface area contributed by atoms with Crippen LogP contribution in [0.1, 0.15) is 23.2 Å².